The first-order chi connectivity index (χ1) is 10.1. The Kier molecular flexibility index (Phi) is 5.76. The molecule has 1 aliphatic rings. The third kappa shape index (κ3) is 4.05. The van der Waals surface area contributed by atoms with E-state index in [2.05, 4.69) is 30.3 Å². The number of benzene rings is 1. The number of carbonyl (C=O) groups excluding carboxylic acids is 1. The van der Waals surface area contributed by atoms with E-state index in [1.807, 2.05) is 30.0 Å². The second-order valence-electron chi connectivity index (χ2n) is 5.82. The van der Waals surface area contributed by atoms with Crippen molar-refractivity contribution in [3.05, 3.63) is 29.8 Å². The van der Waals surface area contributed by atoms with Crippen molar-refractivity contribution in [3.8, 4) is 0 Å². The van der Waals surface area contributed by atoms with Crippen LogP contribution in [0, 0.1) is 6.92 Å². The van der Waals surface area contributed by atoms with Gasteiger partial charge in [0.25, 0.3) is 0 Å². The molecule has 2 rings (SSSR count). The first-order valence-electron chi connectivity index (χ1n) is 7.90. The van der Waals surface area contributed by atoms with Crippen LogP contribution in [0.15, 0.2) is 24.3 Å². The number of hydrogen-bond acceptors (Lipinski definition) is 3. The van der Waals surface area contributed by atoms with Gasteiger partial charge in [0, 0.05) is 18.3 Å². The van der Waals surface area contributed by atoms with Crippen molar-refractivity contribution in [1.82, 2.24) is 10.2 Å². The van der Waals surface area contributed by atoms with Crippen LogP contribution in [0.4, 0.5) is 5.69 Å². The number of aryl methyl sites for hydroxylation is 1. The summed E-state index contributed by atoms with van der Waals surface area (Å²) in [6.45, 7) is 7.41. The fourth-order valence-corrected chi connectivity index (χ4v) is 3.02. The molecule has 1 amide bonds. The number of nitrogens with zero attached hydrogens (tertiary/aromatic N) is 2. The number of anilines is 1. The molecule has 0 atom stereocenters. The van der Waals surface area contributed by atoms with Crippen molar-refractivity contribution in [2.24, 2.45) is 0 Å². The van der Waals surface area contributed by atoms with E-state index in [1.54, 1.807) is 0 Å². The summed E-state index contributed by atoms with van der Waals surface area (Å²) in [4.78, 5) is 16.8. The van der Waals surface area contributed by atoms with Crippen LogP contribution in [0.2, 0.25) is 0 Å². The van der Waals surface area contributed by atoms with Gasteiger partial charge in [0.15, 0.2) is 0 Å². The summed E-state index contributed by atoms with van der Waals surface area (Å²) in [6.07, 6.45) is 2.25. The first kappa shape index (κ1) is 16.0. The SMILES string of the molecule is CCN(C(=O)CN(C)C1CCNCC1)c1ccccc1C. The Morgan fingerprint density at radius 2 is 1.95 bits per heavy atom. The predicted octanol–water partition coefficient (Wildman–Crippen LogP) is 2.03. The summed E-state index contributed by atoms with van der Waals surface area (Å²) < 4.78 is 0. The molecule has 0 saturated carbocycles. The smallest absolute Gasteiger partial charge is 0.241 e. The number of likely N-dealkylation sites (N-methyl/N-ethyl adjacent to an activating group) is 2. The molecule has 1 aromatic rings. The summed E-state index contributed by atoms with van der Waals surface area (Å²) in [5, 5.41) is 3.37. The molecule has 1 saturated heterocycles. The van der Waals surface area contributed by atoms with Gasteiger partial charge >= 0.3 is 0 Å². The first-order valence-corrected chi connectivity index (χ1v) is 7.90. The van der Waals surface area contributed by atoms with Crippen molar-refractivity contribution in [2.75, 3.05) is 38.1 Å². The van der Waals surface area contributed by atoms with Crippen LogP contribution >= 0.6 is 0 Å². The molecular formula is C17H27N3O. The molecule has 1 aromatic carbocycles. The summed E-state index contributed by atoms with van der Waals surface area (Å²) >= 11 is 0. The van der Waals surface area contributed by atoms with Gasteiger partial charge in [-0.3, -0.25) is 9.69 Å². The fourth-order valence-electron chi connectivity index (χ4n) is 3.02. The maximum atomic E-state index is 12.6. The Morgan fingerprint density at radius 3 is 2.57 bits per heavy atom. The van der Waals surface area contributed by atoms with Gasteiger partial charge in [-0.05, 0) is 58.5 Å². The molecule has 0 radical (unpaired) electrons. The average molecular weight is 289 g/mol. The molecule has 0 bridgehead atoms. The number of amides is 1. The molecule has 116 valence electrons. The third-order valence-corrected chi connectivity index (χ3v) is 4.34. The highest BCUT2D eigenvalue weighted by atomic mass is 16.2. The zero-order valence-corrected chi connectivity index (χ0v) is 13.4. The minimum atomic E-state index is 0.188. The highest BCUT2D eigenvalue weighted by Gasteiger charge is 2.22. The standard InChI is InChI=1S/C17H27N3O/c1-4-20(16-8-6-5-7-14(16)2)17(21)13-19(3)15-9-11-18-12-10-15/h5-8,15,18H,4,9-13H2,1-3H3. The van der Waals surface area contributed by atoms with Crippen molar-refractivity contribution < 1.29 is 4.79 Å². The molecule has 4 heteroatoms. The topological polar surface area (TPSA) is 35.6 Å². The molecule has 4 nitrogen and oxygen atoms in total. The van der Waals surface area contributed by atoms with Crippen LogP contribution in [-0.4, -0.2) is 50.1 Å². The Bertz CT molecular complexity index is 469. The Labute approximate surface area is 128 Å². The van der Waals surface area contributed by atoms with Crippen LogP contribution in [0.1, 0.15) is 25.3 Å². The molecule has 0 aliphatic carbocycles. The Morgan fingerprint density at radius 1 is 1.29 bits per heavy atom. The highest BCUT2D eigenvalue weighted by Crippen LogP contribution is 2.20. The van der Waals surface area contributed by atoms with Gasteiger partial charge in [0.2, 0.25) is 5.91 Å². The van der Waals surface area contributed by atoms with Crippen LogP contribution in [0.5, 0.6) is 0 Å². The predicted molar refractivity (Wildman–Crippen MR) is 87.7 cm³/mol. The molecule has 0 spiro atoms. The van der Waals surface area contributed by atoms with Gasteiger partial charge in [-0.15, -0.1) is 0 Å². The zero-order valence-electron chi connectivity index (χ0n) is 13.4. The van der Waals surface area contributed by atoms with Gasteiger partial charge in [-0.1, -0.05) is 18.2 Å². The number of rotatable bonds is 5. The van der Waals surface area contributed by atoms with Crippen LogP contribution < -0.4 is 10.2 Å². The molecule has 0 unspecified atom stereocenters. The van der Waals surface area contributed by atoms with E-state index in [0.29, 0.717) is 19.1 Å². The minimum Gasteiger partial charge on any atom is -0.317 e. The van der Waals surface area contributed by atoms with Crippen molar-refractivity contribution in [3.63, 3.8) is 0 Å². The Hall–Kier alpha value is -1.39. The summed E-state index contributed by atoms with van der Waals surface area (Å²) in [6, 6.07) is 8.61. The van der Waals surface area contributed by atoms with E-state index in [0.717, 1.165) is 37.2 Å². The molecule has 1 N–H and O–H groups in total. The van der Waals surface area contributed by atoms with Gasteiger partial charge in [-0.2, -0.15) is 0 Å². The van der Waals surface area contributed by atoms with Gasteiger partial charge < -0.3 is 10.2 Å². The fraction of sp³-hybridized carbons (Fsp3) is 0.588. The van der Waals surface area contributed by atoms with Crippen LogP contribution in [-0.2, 0) is 4.79 Å². The van der Waals surface area contributed by atoms with Crippen molar-refractivity contribution in [2.45, 2.75) is 32.7 Å². The lowest BCUT2D eigenvalue weighted by atomic mass is 10.1. The number of hydrogen-bond donors (Lipinski definition) is 1. The van der Waals surface area contributed by atoms with Gasteiger partial charge in [0.1, 0.15) is 0 Å². The second-order valence-corrected chi connectivity index (χ2v) is 5.82. The summed E-state index contributed by atoms with van der Waals surface area (Å²) in [5.74, 6) is 0.188. The quantitative estimate of drug-likeness (QED) is 0.901. The lowest BCUT2D eigenvalue weighted by Gasteiger charge is -2.33. The number of nitrogens with one attached hydrogen (secondary N) is 1. The van der Waals surface area contributed by atoms with E-state index >= 15 is 0 Å². The van der Waals surface area contributed by atoms with E-state index < -0.39 is 0 Å². The molecule has 21 heavy (non-hydrogen) atoms. The molecule has 1 aliphatic heterocycles. The molecular weight excluding hydrogens is 262 g/mol. The normalized spacial score (nSPS) is 16.2. The Balaban J connectivity index is 2.01. The second kappa shape index (κ2) is 7.57. The lowest BCUT2D eigenvalue weighted by molar-refractivity contribution is -0.120. The van der Waals surface area contributed by atoms with Gasteiger partial charge in [-0.25, -0.2) is 0 Å². The molecule has 0 aromatic heterocycles. The van der Waals surface area contributed by atoms with Crippen LogP contribution in [0.3, 0.4) is 0 Å². The highest BCUT2D eigenvalue weighted by molar-refractivity contribution is 5.95. The van der Waals surface area contributed by atoms with Crippen molar-refractivity contribution >= 4 is 11.6 Å². The molecule has 1 heterocycles. The number of para-hydroxylation sites is 1. The van der Waals surface area contributed by atoms with Crippen molar-refractivity contribution in [1.29, 1.82) is 0 Å². The monoisotopic (exact) mass is 289 g/mol. The van der Waals surface area contributed by atoms with E-state index in [4.69, 9.17) is 0 Å². The molecule has 1 fully saturated rings. The van der Waals surface area contributed by atoms with Gasteiger partial charge in [0.05, 0.1) is 6.54 Å². The zero-order chi connectivity index (χ0) is 15.2. The maximum Gasteiger partial charge on any atom is 0.241 e. The van der Waals surface area contributed by atoms with Crippen LogP contribution in [0.25, 0.3) is 0 Å². The third-order valence-electron chi connectivity index (χ3n) is 4.34. The van der Waals surface area contributed by atoms with E-state index in [9.17, 15) is 4.79 Å². The van der Waals surface area contributed by atoms with E-state index in [1.165, 1.54) is 0 Å². The average Bonchev–Trinajstić information content (AvgIpc) is 2.50. The number of piperidine rings is 1. The lowest BCUT2D eigenvalue weighted by Crippen LogP contribution is -2.46. The summed E-state index contributed by atoms with van der Waals surface area (Å²) in [5.41, 5.74) is 2.18. The minimum absolute atomic E-state index is 0.188. The maximum absolute atomic E-state index is 12.6. The largest absolute Gasteiger partial charge is 0.317 e. The number of carbonyl (C=O) groups is 1. The van der Waals surface area contributed by atoms with E-state index in [-0.39, 0.29) is 5.91 Å². The summed E-state index contributed by atoms with van der Waals surface area (Å²) in [7, 11) is 2.07.